The van der Waals surface area contributed by atoms with Gasteiger partial charge >= 0.3 is 0 Å². The number of nitrogens with zero attached hydrogens (tertiary/aromatic N) is 4. The standard InChI is InChI=1S/C15H17N5O/c1-3-20-12-7-5-4-6-10(12)19-13(20)8-11-14(21-2)15(16)18-9-17-11/h4-7,9H,3,8H2,1-2H3,(H2,16,17,18). The molecule has 0 aliphatic heterocycles. The van der Waals surface area contributed by atoms with Crippen LogP contribution in [0.3, 0.4) is 0 Å². The molecule has 0 saturated heterocycles. The summed E-state index contributed by atoms with van der Waals surface area (Å²) in [4.78, 5) is 12.9. The van der Waals surface area contributed by atoms with Gasteiger partial charge in [0.1, 0.15) is 12.2 Å². The highest BCUT2D eigenvalue weighted by molar-refractivity contribution is 5.76. The average Bonchev–Trinajstić information content (AvgIpc) is 2.84. The van der Waals surface area contributed by atoms with Crippen molar-refractivity contribution < 1.29 is 4.74 Å². The quantitative estimate of drug-likeness (QED) is 0.792. The average molecular weight is 283 g/mol. The number of rotatable bonds is 4. The van der Waals surface area contributed by atoms with Gasteiger partial charge in [-0.2, -0.15) is 0 Å². The van der Waals surface area contributed by atoms with Gasteiger partial charge in [-0.1, -0.05) is 12.1 Å². The summed E-state index contributed by atoms with van der Waals surface area (Å²) in [5.74, 6) is 1.81. The summed E-state index contributed by atoms with van der Waals surface area (Å²) in [6, 6.07) is 8.09. The van der Waals surface area contributed by atoms with Crippen molar-refractivity contribution in [2.45, 2.75) is 19.9 Å². The van der Waals surface area contributed by atoms with Crippen LogP contribution in [0.1, 0.15) is 18.4 Å². The molecule has 0 radical (unpaired) electrons. The Labute approximate surface area is 122 Å². The highest BCUT2D eigenvalue weighted by Crippen LogP contribution is 2.25. The number of aryl methyl sites for hydroxylation is 1. The van der Waals surface area contributed by atoms with Crippen LogP contribution in [0.15, 0.2) is 30.6 Å². The van der Waals surface area contributed by atoms with Gasteiger partial charge in [-0.25, -0.2) is 15.0 Å². The molecular formula is C15H17N5O. The van der Waals surface area contributed by atoms with Gasteiger partial charge in [-0.05, 0) is 19.1 Å². The Bertz CT molecular complexity index is 781. The zero-order valence-corrected chi connectivity index (χ0v) is 12.1. The maximum absolute atomic E-state index is 5.83. The molecule has 0 atom stereocenters. The molecule has 21 heavy (non-hydrogen) atoms. The molecular weight excluding hydrogens is 266 g/mol. The first-order valence-electron chi connectivity index (χ1n) is 6.82. The first kappa shape index (κ1) is 13.4. The van der Waals surface area contributed by atoms with Crippen LogP contribution in [0.5, 0.6) is 5.75 Å². The van der Waals surface area contributed by atoms with Crippen molar-refractivity contribution in [3.63, 3.8) is 0 Å². The number of nitrogens with two attached hydrogens (primary N) is 1. The number of benzene rings is 1. The van der Waals surface area contributed by atoms with Gasteiger partial charge in [-0.15, -0.1) is 0 Å². The summed E-state index contributed by atoms with van der Waals surface area (Å²) in [5.41, 5.74) is 8.68. The van der Waals surface area contributed by atoms with Crippen molar-refractivity contribution in [3.05, 3.63) is 42.1 Å². The normalized spacial score (nSPS) is 11.0. The zero-order chi connectivity index (χ0) is 14.8. The van der Waals surface area contributed by atoms with Crippen molar-refractivity contribution >= 4 is 16.9 Å². The first-order valence-corrected chi connectivity index (χ1v) is 6.82. The minimum atomic E-state index is 0.349. The molecule has 1 aromatic carbocycles. The fourth-order valence-electron chi connectivity index (χ4n) is 2.54. The Morgan fingerprint density at radius 2 is 2.05 bits per heavy atom. The van der Waals surface area contributed by atoms with Gasteiger partial charge in [0, 0.05) is 6.54 Å². The van der Waals surface area contributed by atoms with Crippen LogP contribution in [0.4, 0.5) is 5.82 Å². The molecule has 2 heterocycles. The van der Waals surface area contributed by atoms with E-state index in [9.17, 15) is 0 Å². The Morgan fingerprint density at radius 3 is 2.81 bits per heavy atom. The van der Waals surface area contributed by atoms with Crippen LogP contribution in [-0.2, 0) is 13.0 Å². The van der Waals surface area contributed by atoms with E-state index in [1.54, 1.807) is 7.11 Å². The van der Waals surface area contributed by atoms with Crippen LogP contribution in [0.2, 0.25) is 0 Å². The number of ether oxygens (including phenoxy) is 1. The number of nitrogen functional groups attached to an aromatic ring is 1. The van der Waals surface area contributed by atoms with Crippen molar-refractivity contribution in [3.8, 4) is 5.75 Å². The highest BCUT2D eigenvalue weighted by atomic mass is 16.5. The lowest BCUT2D eigenvalue weighted by Gasteiger charge is -2.10. The van der Waals surface area contributed by atoms with Gasteiger partial charge in [0.15, 0.2) is 11.6 Å². The minimum Gasteiger partial charge on any atom is -0.491 e. The highest BCUT2D eigenvalue weighted by Gasteiger charge is 2.15. The number of aromatic nitrogens is 4. The summed E-state index contributed by atoms with van der Waals surface area (Å²) in [6.45, 7) is 2.95. The molecule has 3 aromatic rings. The second-order valence-electron chi connectivity index (χ2n) is 4.68. The molecule has 0 unspecified atom stereocenters. The third kappa shape index (κ3) is 2.29. The van der Waals surface area contributed by atoms with Crippen molar-refractivity contribution in [1.29, 1.82) is 0 Å². The van der Waals surface area contributed by atoms with Crippen molar-refractivity contribution in [2.24, 2.45) is 0 Å². The second-order valence-corrected chi connectivity index (χ2v) is 4.68. The van der Waals surface area contributed by atoms with E-state index in [0.29, 0.717) is 18.0 Å². The van der Waals surface area contributed by atoms with Crippen LogP contribution in [-0.4, -0.2) is 26.6 Å². The summed E-state index contributed by atoms with van der Waals surface area (Å²) in [7, 11) is 1.57. The molecule has 0 amide bonds. The van der Waals surface area contributed by atoms with Crippen molar-refractivity contribution in [2.75, 3.05) is 12.8 Å². The molecule has 0 aliphatic rings. The maximum atomic E-state index is 5.83. The molecule has 108 valence electrons. The first-order chi connectivity index (χ1) is 10.2. The monoisotopic (exact) mass is 283 g/mol. The van der Waals surface area contributed by atoms with E-state index in [4.69, 9.17) is 15.5 Å². The van der Waals surface area contributed by atoms with E-state index < -0.39 is 0 Å². The predicted molar refractivity (Wildman–Crippen MR) is 81.2 cm³/mol. The molecule has 3 rings (SSSR count). The van der Waals surface area contributed by atoms with E-state index in [2.05, 4.69) is 27.5 Å². The number of fused-ring (bicyclic) bond motifs is 1. The third-order valence-electron chi connectivity index (χ3n) is 3.48. The lowest BCUT2D eigenvalue weighted by atomic mass is 10.2. The van der Waals surface area contributed by atoms with E-state index in [1.165, 1.54) is 6.33 Å². The van der Waals surface area contributed by atoms with E-state index >= 15 is 0 Å². The summed E-state index contributed by atoms with van der Waals surface area (Å²) in [6.07, 6.45) is 2.00. The van der Waals surface area contributed by atoms with Crippen LogP contribution in [0, 0.1) is 0 Å². The molecule has 6 heteroatoms. The Kier molecular flexibility index (Phi) is 3.43. The minimum absolute atomic E-state index is 0.349. The van der Waals surface area contributed by atoms with Crippen molar-refractivity contribution in [1.82, 2.24) is 19.5 Å². The largest absolute Gasteiger partial charge is 0.491 e. The number of hydrogen-bond acceptors (Lipinski definition) is 5. The molecule has 0 bridgehead atoms. The number of hydrogen-bond donors (Lipinski definition) is 1. The number of anilines is 1. The molecule has 2 aromatic heterocycles. The molecule has 0 spiro atoms. The molecule has 6 nitrogen and oxygen atoms in total. The van der Waals surface area contributed by atoms with Crippen LogP contribution in [0.25, 0.3) is 11.0 Å². The summed E-state index contributed by atoms with van der Waals surface area (Å²) < 4.78 is 7.48. The Balaban J connectivity index is 2.08. The van der Waals surface area contributed by atoms with Crippen LogP contribution < -0.4 is 10.5 Å². The van der Waals surface area contributed by atoms with Gasteiger partial charge < -0.3 is 15.0 Å². The van der Waals surface area contributed by atoms with Gasteiger partial charge in [0.05, 0.1) is 30.3 Å². The topological polar surface area (TPSA) is 78.9 Å². The van der Waals surface area contributed by atoms with Gasteiger partial charge in [0.25, 0.3) is 0 Å². The fraction of sp³-hybridized carbons (Fsp3) is 0.267. The summed E-state index contributed by atoms with van der Waals surface area (Å²) >= 11 is 0. The molecule has 0 fully saturated rings. The maximum Gasteiger partial charge on any atom is 0.183 e. The fourth-order valence-corrected chi connectivity index (χ4v) is 2.54. The van der Waals surface area contributed by atoms with E-state index in [0.717, 1.165) is 29.1 Å². The van der Waals surface area contributed by atoms with Gasteiger partial charge in [0.2, 0.25) is 0 Å². The molecule has 2 N–H and O–H groups in total. The second kappa shape index (κ2) is 5.40. The Morgan fingerprint density at radius 1 is 1.24 bits per heavy atom. The summed E-state index contributed by atoms with van der Waals surface area (Å²) in [5, 5.41) is 0. The SMILES string of the molecule is CCn1c(Cc2ncnc(N)c2OC)nc2ccccc21. The lowest BCUT2D eigenvalue weighted by Crippen LogP contribution is -2.07. The van der Waals surface area contributed by atoms with Gasteiger partial charge in [-0.3, -0.25) is 0 Å². The predicted octanol–water partition coefficient (Wildman–Crippen LogP) is 2.03. The smallest absolute Gasteiger partial charge is 0.183 e. The van der Waals surface area contributed by atoms with E-state index in [1.807, 2.05) is 18.2 Å². The zero-order valence-electron chi connectivity index (χ0n) is 12.1. The molecule has 0 aliphatic carbocycles. The molecule has 0 saturated carbocycles. The number of imidazole rings is 1. The van der Waals surface area contributed by atoms with Crippen LogP contribution >= 0.6 is 0 Å². The third-order valence-corrected chi connectivity index (χ3v) is 3.48. The Hall–Kier alpha value is -2.63. The number of para-hydroxylation sites is 2. The number of methoxy groups -OCH3 is 1. The van der Waals surface area contributed by atoms with E-state index in [-0.39, 0.29) is 0 Å². The lowest BCUT2D eigenvalue weighted by molar-refractivity contribution is 0.407.